The zero-order chi connectivity index (χ0) is 13.2. The third-order valence-corrected chi connectivity index (χ3v) is 3.36. The Kier molecular flexibility index (Phi) is 2.95. The zero-order valence-electron chi connectivity index (χ0n) is 11.0. The van der Waals surface area contributed by atoms with Gasteiger partial charge in [-0.05, 0) is 36.8 Å². The van der Waals surface area contributed by atoms with Crippen LogP contribution in [0, 0.1) is 0 Å². The van der Waals surface area contributed by atoms with Gasteiger partial charge in [-0.2, -0.15) is 0 Å². The number of aromatic nitrogens is 2. The Morgan fingerprint density at radius 1 is 1.11 bits per heavy atom. The molecule has 96 valence electrons. The molecule has 0 bridgehead atoms. The molecule has 0 aliphatic rings. The molecule has 0 amide bonds. The SMILES string of the molecule is CCn1c(Cc2cccc(N)c2)nc2ccccc21. The van der Waals surface area contributed by atoms with Crippen LogP contribution in [0.4, 0.5) is 5.69 Å². The minimum Gasteiger partial charge on any atom is -0.399 e. The molecule has 1 heterocycles. The fourth-order valence-electron chi connectivity index (χ4n) is 2.50. The van der Waals surface area contributed by atoms with Gasteiger partial charge in [0.05, 0.1) is 11.0 Å². The van der Waals surface area contributed by atoms with Gasteiger partial charge in [0.2, 0.25) is 0 Å². The number of anilines is 1. The summed E-state index contributed by atoms with van der Waals surface area (Å²) in [4.78, 5) is 4.73. The van der Waals surface area contributed by atoms with Crippen molar-refractivity contribution in [3.05, 3.63) is 59.9 Å². The van der Waals surface area contributed by atoms with Crippen LogP contribution in [0.2, 0.25) is 0 Å². The quantitative estimate of drug-likeness (QED) is 0.726. The summed E-state index contributed by atoms with van der Waals surface area (Å²) < 4.78 is 2.26. The summed E-state index contributed by atoms with van der Waals surface area (Å²) in [5, 5.41) is 0. The Hall–Kier alpha value is -2.29. The minimum atomic E-state index is 0.802. The molecule has 0 radical (unpaired) electrons. The van der Waals surface area contributed by atoms with E-state index in [0.29, 0.717) is 0 Å². The van der Waals surface area contributed by atoms with Crippen LogP contribution in [0.1, 0.15) is 18.3 Å². The van der Waals surface area contributed by atoms with Gasteiger partial charge in [-0.15, -0.1) is 0 Å². The minimum absolute atomic E-state index is 0.802. The molecule has 0 atom stereocenters. The fourth-order valence-corrected chi connectivity index (χ4v) is 2.50. The first kappa shape index (κ1) is 11.8. The number of aryl methyl sites for hydroxylation is 1. The van der Waals surface area contributed by atoms with Crippen LogP contribution in [-0.4, -0.2) is 9.55 Å². The van der Waals surface area contributed by atoms with Gasteiger partial charge in [-0.25, -0.2) is 4.98 Å². The monoisotopic (exact) mass is 251 g/mol. The van der Waals surface area contributed by atoms with Gasteiger partial charge in [0.1, 0.15) is 5.82 Å². The molecule has 3 heteroatoms. The summed E-state index contributed by atoms with van der Waals surface area (Å²) >= 11 is 0. The average molecular weight is 251 g/mol. The molecule has 3 nitrogen and oxygen atoms in total. The first-order chi connectivity index (χ1) is 9.28. The maximum atomic E-state index is 5.83. The number of rotatable bonds is 3. The number of hydrogen-bond acceptors (Lipinski definition) is 2. The predicted octanol–water partition coefficient (Wildman–Crippen LogP) is 3.23. The summed E-state index contributed by atoms with van der Waals surface area (Å²) in [6.07, 6.45) is 0.813. The van der Waals surface area contributed by atoms with Crippen molar-refractivity contribution in [3.8, 4) is 0 Å². The van der Waals surface area contributed by atoms with Crippen LogP contribution in [0.25, 0.3) is 11.0 Å². The Labute approximate surface area is 112 Å². The number of imidazole rings is 1. The van der Waals surface area contributed by atoms with E-state index in [9.17, 15) is 0 Å². The van der Waals surface area contributed by atoms with E-state index in [1.807, 2.05) is 24.3 Å². The van der Waals surface area contributed by atoms with E-state index in [1.165, 1.54) is 11.1 Å². The van der Waals surface area contributed by atoms with E-state index in [0.717, 1.165) is 30.0 Å². The van der Waals surface area contributed by atoms with Crippen LogP contribution >= 0.6 is 0 Å². The molecule has 1 aromatic heterocycles. The maximum absolute atomic E-state index is 5.83. The third kappa shape index (κ3) is 2.19. The topological polar surface area (TPSA) is 43.8 Å². The van der Waals surface area contributed by atoms with Crippen molar-refractivity contribution in [2.24, 2.45) is 0 Å². The molecule has 3 rings (SSSR count). The van der Waals surface area contributed by atoms with Crippen molar-refractivity contribution >= 4 is 16.7 Å². The van der Waals surface area contributed by atoms with E-state index < -0.39 is 0 Å². The predicted molar refractivity (Wildman–Crippen MR) is 79.1 cm³/mol. The lowest BCUT2D eigenvalue weighted by Crippen LogP contribution is -2.02. The van der Waals surface area contributed by atoms with Crippen molar-refractivity contribution in [2.75, 3.05) is 5.73 Å². The summed E-state index contributed by atoms with van der Waals surface area (Å²) in [5.41, 5.74) is 10.1. The second kappa shape index (κ2) is 4.76. The van der Waals surface area contributed by atoms with Gasteiger partial charge in [0.25, 0.3) is 0 Å². The van der Waals surface area contributed by atoms with Gasteiger partial charge in [-0.1, -0.05) is 24.3 Å². The number of nitrogens with zero attached hydrogens (tertiary/aromatic N) is 2. The number of para-hydroxylation sites is 2. The van der Waals surface area contributed by atoms with E-state index >= 15 is 0 Å². The summed E-state index contributed by atoms with van der Waals surface area (Å²) in [7, 11) is 0. The van der Waals surface area contributed by atoms with Gasteiger partial charge >= 0.3 is 0 Å². The van der Waals surface area contributed by atoms with Gasteiger partial charge in [0.15, 0.2) is 0 Å². The lowest BCUT2D eigenvalue weighted by Gasteiger charge is -2.06. The van der Waals surface area contributed by atoms with Crippen LogP contribution in [0.15, 0.2) is 48.5 Å². The molecule has 0 unspecified atom stereocenters. The highest BCUT2D eigenvalue weighted by Crippen LogP contribution is 2.19. The average Bonchev–Trinajstić information content (AvgIpc) is 2.75. The first-order valence-electron chi connectivity index (χ1n) is 6.56. The molecule has 0 aliphatic heterocycles. The molecular formula is C16H17N3. The lowest BCUT2D eigenvalue weighted by molar-refractivity contribution is 0.734. The number of nitrogens with two attached hydrogens (primary N) is 1. The zero-order valence-corrected chi connectivity index (χ0v) is 11.0. The number of fused-ring (bicyclic) bond motifs is 1. The van der Waals surface area contributed by atoms with Gasteiger partial charge in [0, 0.05) is 18.7 Å². The third-order valence-electron chi connectivity index (χ3n) is 3.36. The summed E-state index contributed by atoms with van der Waals surface area (Å²) in [6, 6.07) is 16.3. The Bertz CT molecular complexity index is 713. The number of benzene rings is 2. The molecule has 0 fully saturated rings. The molecule has 19 heavy (non-hydrogen) atoms. The van der Waals surface area contributed by atoms with Crippen molar-refractivity contribution in [2.45, 2.75) is 19.9 Å². The van der Waals surface area contributed by atoms with Crippen molar-refractivity contribution < 1.29 is 0 Å². The van der Waals surface area contributed by atoms with Crippen LogP contribution in [-0.2, 0) is 13.0 Å². The largest absolute Gasteiger partial charge is 0.399 e. The standard InChI is InChI=1S/C16H17N3/c1-2-19-15-9-4-3-8-14(15)18-16(19)11-12-6-5-7-13(17)10-12/h3-10H,2,11,17H2,1H3. The summed E-state index contributed by atoms with van der Waals surface area (Å²) in [5.74, 6) is 1.09. The van der Waals surface area contributed by atoms with Gasteiger partial charge in [-0.3, -0.25) is 0 Å². The van der Waals surface area contributed by atoms with Crippen molar-refractivity contribution in [1.29, 1.82) is 0 Å². The van der Waals surface area contributed by atoms with E-state index in [1.54, 1.807) is 0 Å². The van der Waals surface area contributed by atoms with Gasteiger partial charge < -0.3 is 10.3 Å². The smallest absolute Gasteiger partial charge is 0.114 e. The number of nitrogen functional groups attached to an aromatic ring is 1. The molecule has 0 spiro atoms. The highest BCUT2D eigenvalue weighted by Gasteiger charge is 2.09. The molecule has 0 aliphatic carbocycles. The Morgan fingerprint density at radius 3 is 2.74 bits per heavy atom. The number of hydrogen-bond donors (Lipinski definition) is 1. The molecule has 0 saturated heterocycles. The van der Waals surface area contributed by atoms with E-state index in [2.05, 4.69) is 35.8 Å². The molecule has 0 saturated carbocycles. The van der Waals surface area contributed by atoms with Crippen molar-refractivity contribution in [3.63, 3.8) is 0 Å². The molecule has 2 N–H and O–H groups in total. The molecular weight excluding hydrogens is 234 g/mol. The second-order valence-corrected chi connectivity index (χ2v) is 4.68. The van der Waals surface area contributed by atoms with Crippen LogP contribution in [0.3, 0.4) is 0 Å². The Morgan fingerprint density at radius 2 is 1.95 bits per heavy atom. The van der Waals surface area contributed by atoms with E-state index in [-0.39, 0.29) is 0 Å². The lowest BCUT2D eigenvalue weighted by atomic mass is 10.1. The maximum Gasteiger partial charge on any atom is 0.114 e. The first-order valence-corrected chi connectivity index (χ1v) is 6.56. The normalized spacial score (nSPS) is 11.0. The highest BCUT2D eigenvalue weighted by atomic mass is 15.1. The Balaban J connectivity index is 2.05. The summed E-state index contributed by atoms with van der Waals surface area (Å²) in [6.45, 7) is 3.08. The van der Waals surface area contributed by atoms with Crippen LogP contribution in [0.5, 0.6) is 0 Å². The fraction of sp³-hybridized carbons (Fsp3) is 0.188. The molecule has 3 aromatic rings. The highest BCUT2D eigenvalue weighted by molar-refractivity contribution is 5.76. The molecule has 2 aromatic carbocycles. The van der Waals surface area contributed by atoms with E-state index in [4.69, 9.17) is 10.7 Å². The van der Waals surface area contributed by atoms with Crippen molar-refractivity contribution in [1.82, 2.24) is 9.55 Å². The second-order valence-electron chi connectivity index (χ2n) is 4.68. The van der Waals surface area contributed by atoms with Crippen LogP contribution < -0.4 is 5.73 Å².